The highest BCUT2D eigenvalue weighted by Gasteiger charge is 2.19. The summed E-state index contributed by atoms with van der Waals surface area (Å²) in [4.78, 5) is 0. The molecule has 0 saturated carbocycles. The summed E-state index contributed by atoms with van der Waals surface area (Å²) < 4.78 is 29.2. The Hall–Kier alpha value is -0.210. The molecule has 1 atom stereocenters. The quantitative estimate of drug-likeness (QED) is 0.264. The zero-order chi connectivity index (χ0) is 12.1. The van der Waals surface area contributed by atoms with E-state index in [-0.39, 0.29) is 18.1 Å². The third-order valence-corrected chi connectivity index (χ3v) is 2.80. The highest BCUT2D eigenvalue weighted by atomic mass is 32.2. The molecule has 0 bridgehead atoms. The predicted molar refractivity (Wildman–Crippen MR) is 55.9 cm³/mol. The molecule has 0 radical (unpaired) electrons. The number of rotatable bonds is 7. The van der Waals surface area contributed by atoms with Gasteiger partial charge < -0.3 is 15.5 Å². The normalized spacial score (nSPS) is 14.9. The highest BCUT2D eigenvalue weighted by molar-refractivity contribution is 7.85. The Balaban J connectivity index is 3.83. The van der Waals surface area contributed by atoms with E-state index in [9.17, 15) is 8.42 Å². The summed E-state index contributed by atoms with van der Waals surface area (Å²) in [6, 6.07) is -0.494. The SMILES string of the molecule is CC(C)[C@H](NCCCS(=O)(=O)O)C(O)O. The fourth-order valence-electron chi connectivity index (χ4n) is 1.21. The molecule has 0 rings (SSSR count). The molecule has 0 aliphatic carbocycles. The van der Waals surface area contributed by atoms with Crippen LogP contribution in [0.1, 0.15) is 20.3 Å². The molecular weight excluding hydrogens is 222 g/mol. The average molecular weight is 241 g/mol. The van der Waals surface area contributed by atoms with Gasteiger partial charge in [0.05, 0.1) is 11.8 Å². The van der Waals surface area contributed by atoms with Crippen LogP contribution in [0.5, 0.6) is 0 Å². The van der Waals surface area contributed by atoms with Crippen molar-refractivity contribution in [2.24, 2.45) is 5.92 Å². The van der Waals surface area contributed by atoms with Crippen molar-refractivity contribution in [2.45, 2.75) is 32.6 Å². The number of aliphatic hydroxyl groups is 2. The van der Waals surface area contributed by atoms with Crippen molar-refractivity contribution in [1.29, 1.82) is 0 Å². The van der Waals surface area contributed by atoms with E-state index >= 15 is 0 Å². The van der Waals surface area contributed by atoms with Gasteiger partial charge in [-0.1, -0.05) is 13.8 Å². The van der Waals surface area contributed by atoms with E-state index in [1.165, 1.54) is 0 Å². The maximum atomic E-state index is 10.4. The van der Waals surface area contributed by atoms with Gasteiger partial charge in [-0.3, -0.25) is 4.55 Å². The Morgan fingerprint density at radius 3 is 2.13 bits per heavy atom. The second kappa shape index (κ2) is 6.39. The van der Waals surface area contributed by atoms with Crippen LogP contribution in [-0.2, 0) is 10.1 Å². The first-order chi connectivity index (χ1) is 6.74. The summed E-state index contributed by atoms with van der Waals surface area (Å²) in [5.41, 5.74) is 0. The standard InChI is InChI=1S/C8H19NO5S/c1-6(2)7(8(10)11)9-4-3-5-15(12,13)14/h6-11H,3-5H2,1-2H3,(H,12,13,14)/t7-/m0/s1. The second-order valence-electron chi connectivity index (χ2n) is 3.78. The van der Waals surface area contributed by atoms with Crippen LogP contribution in [0, 0.1) is 5.92 Å². The summed E-state index contributed by atoms with van der Waals surface area (Å²) in [5, 5.41) is 20.7. The minimum Gasteiger partial charge on any atom is -0.367 e. The molecule has 0 aliphatic rings. The van der Waals surface area contributed by atoms with Crippen LogP contribution >= 0.6 is 0 Å². The van der Waals surface area contributed by atoms with E-state index in [1.54, 1.807) is 0 Å². The summed E-state index contributed by atoms with van der Waals surface area (Å²) in [6.07, 6.45) is -1.25. The lowest BCUT2D eigenvalue weighted by Gasteiger charge is -2.23. The minimum absolute atomic E-state index is 0.0238. The molecule has 0 unspecified atom stereocenters. The monoisotopic (exact) mass is 241 g/mol. The van der Waals surface area contributed by atoms with Crippen LogP contribution in [0.25, 0.3) is 0 Å². The van der Waals surface area contributed by atoms with Gasteiger partial charge in [0.2, 0.25) is 0 Å². The molecule has 0 aromatic carbocycles. The molecule has 0 aromatic rings. The first-order valence-electron chi connectivity index (χ1n) is 4.78. The molecule has 4 N–H and O–H groups in total. The molecule has 0 saturated heterocycles. The third-order valence-electron chi connectivity index (χ3n) is 2.00. The zero-order valence-electron chi connectivity index (χ0n) is 8.92. The molecular formula is C8H19NO5S. The molecule has 0 aromatic heterocycles. The molecule has 6 nitrogen and oxygen atoms in total. The molecule has 15 heavy (non-hydrogen) atoms. The van der Waals surface area contributed by atoms with Gasteiger partial charge in [-0.15, -0.1) is 0 Å². The summed E-state index contributed by atoms with van der Waals surface area (Å²) in [5.74, 6) is -0.303. The van der Waals surface area contributed by atoms with Gasteiger partial charge in [-0.05, 0) is 18.9 Å². The lowest BCUT2D eigenvalue weighted by molar-refractivity contribution is -0.0772. The number of aliphatic hydroxyl groups excluding tert-OH is 1. The van der Waals surface area contributed by atoms with Crippen LogP contribution in [-0.4, -0.2) is 47.8 Å². The van der Waals surface area contributed by atoms with Crippen molar-refractivity contribution in [3.63, 3.8) is 0 Å². The van der Waals surface area contributed by atoms with Crippen LogP contribution in [0.2, 0.25) is 0 Å². The Labute approximate surface area is 90.1 Å². The van der Waals surface area contributed by atoms with Crippen molar-refractivity contribution in [3.8, 4) is 0 Å². The Morgan fingerprint density at radius 2 is 1.80 bits per heavy atom. The van der Waals surface area contributed by atoms with Gasteiger partial charge in [0.25, 0.3) is 10.1 Å². The van der Waals surface area contributed by atoms with Gasteiger partial charge in [0, 0.05) is 0 Å². The number of nitrogens with one attached hydrogen (secondary N) is 1. The highest BCUT2D eigenvalue weighted by Crippen LogP contribution is 2.04. The van der Waals surface area contributed by atoms with Crippen molar-refractivity contribution in [1.82, 2.24) is 5.32 Å². The molecule has 0 fully saturated rings. The largest absolute Gasteiger partial charge is 0.367 e. The van der Waals surface area contributed by atoms with E-state index in [1.807, 2.05) is 13.8 Å². The van der Waals surface area contributed by atoms with Crippen LogP contribution in [0.15, 0.2) is 0 Å². The topological polar surface area (TPSA) is 107 Å². The first kappa shape index (κ1) is 14.8. The van der Waals surface area contributed by atoms with Gasteiger partial charge >= 0.3 is 0 Å². The molecule has 92 valence electrons. The number of hydrogen-bond acceptors (Lipinski definition) is 5. The van der Waals surface area contributed by atoms with Crippen LogP contribution in [0.4, 0.5) is 0 Å². The smallest absolute Gasteiger partial charge is 0.264 e. The van der Waals surface area contributed by atoms with Crippen molar-refractivity contribution < 1.29 is 23.2 Å². The Kier molecular flexibility index (Phi) is 6.30. The van der Waals surface area contributed by atoms with Crippen LogP contribution < -0.4 is 5.32 Å². The molecule has 0 heterocycles. The van der Waals surface area contributed by atoms with Crippen molar-refractivity contribution >= 4 is 10.1 Å². The fourth-order valence-corrected chi connectivity index (χ4v) is 1.72. The molecule has 0 amide bonds. The summed E-state index contributed by atoms with van der Waals surface area (Å²) in [6.45, 7) is 3.94. The van der Waals surface area contributed by atoms with E-state index in [0.717, 1.165) is 0 Å². The van der Waals surface area contributed by atoms with Crippen molar-refractivity contribution in [2.75, 3.05) is 12.3 Å². The molecule has 0 spiro atoms. The van der Waals surface area contributed by atoms with E-state index in [0.29, 0.717) is 6.54 Å². The third kappa shape index (κ3) is 7.69. The first-order valence-corrected chi connectivity index (χ1v) is 6.39. The second-order valence-corrected chi connectivity index (χ2v) is 5.35. The fraction of sp³-hybridized carbons (Fsp3) is 1.00. The Morgan fingerprint density at radius 1 is 1.27 bits per heavy atom. The van der Waals surface area contributed by atoms with Gasteiger partial charge in [0.15, 0.2) is 6.29 Å². The molecule has 0 aliphatic heterocycles. The lowest BCUT2D eigenvalue weighted by atomic mass is 10.0. The van der Waals surface area contributed by atoms with Gasteiger partial charge in [-0.25, -0.2) is 0 Å². The van der Waals surface area contributed by atoms with Crippen molar-refractivity contribution in [3.05, 3.63) is 0 Å². The summed E-state index contributed by atoms with van der Waals surface area (Å²) in [7, 11) is -3.93. The Bertz CT molecular complexity index is 254. The zero-order valence-corrected chi connectivity index (χ0v) is 9.74. The van der Waals surface area contributed by atoms with Gasteiger partial charge in [0.1, 0.15) is 0 Å². The van der Waals surface area contributed by atoms with E-state index < -0.39 is 22.4 Å². The van der Waals surface area contributed by atoms with Gasteiger partial charge in [-0.2, -0.15) is 8.42 Å². The maximum Gasteiger partial charge on any atom is 0.264 e. The maximum absolute atomic E-state index is 10.4. The lowest BCUT2D eigenvalue weighted by Crippen LogP contribution is -2.44. The van der Waals surface area contributed by atoms with E-state index in [4.69, 9.17) is 14.8 Å². The molecule has 7 heteroatoms. The summed E-state index contributed by atoms with van der Waals surface area (Å²) >= 11 is 0. The average Bonchev–Trinajstić information content (AvgIpc) is 2.00. The van der Waals surface area contributed by atoms with E-state index in [2.05, 4.69) is 5.32 Å². The number of hydrogen-bond donors (Lipinski definition) is 4. The minimum atomic E-state index is -3.93. The van der Waals surface area contributed by atoms with Crippen LogP contribution in [0.3, 0.4) is 0 Å². The predicted octanol–water partition coefficient (Wildman–Crippen LogP) is -0.811.